The van der Waals surface area contributed by atoms with Crippen LogP contribution in [0.2, 0.25) is 0 Å². The second-order valence-electron chi connectivity index (χ2n) is 7.19. The molecule has 1 amide bonds. The fraction of sp³-hybridized carbons (Fsp3) is 0.421. The lowest BCUT2D eigenvalue weighted by molar-refractivity contribution is 0.0929. The van der Waals surface area contributed by atoms with Crippen LogP contribution >= 0.6 is 11.3 Å². The van der Waals surface area contributed by atoms with Gasteiger partial charge in [0.15, 0.2) is 0 Å². The van der Waals surface area contributed by atoms with Crippen LogP contribution in [0.5, 0.6) is 0 Å². The van der Waals surface area contributed by atoms with Gasteiger partial charge in [0, 0.05) is 18.0 Å². The molecule has 2 fully saturated rings. The number of sulfonamides is 1. The van der Waals surface area contributed by atoms with E-state index in [2.05, 4.69) is 22.2 Å². The Hall–Kier alpha value is -1.70. The van der Waals surface area contributed by atoms with Gasteiger partial charge in [0.2, 0.25) is 10.0 Å². The van der Waals surface area contributed by atoms with Crippen LogP contribution in [0.3, 0.4) is 0 Å². The van der Waals surface area contributed by atoms with E-state index in [1.807, 2.05) is 18.2 Å². The zero-order chi connectivity index (χ0) is 18.2. The van der Waals surface area contributed by atoms with Gasteiger partial charge in [0.25, 0.3) is 5.91 Å². The molecule has 0 saturated heterocycles. The van der Waals surface area contributed by atoms with Gasteiger partial charge in [-0.2, -0.15) is 0 Å². The molecule has 5 nitrogen and oxygen atoms in total. The maximum absolute atomic E-state index is 12.7. The largest absolute Gasteiger partial charge is 0.350 e. The van der Waals surface area contributed by atoms with E-state index in [1.165, 1.54) is 23.0 Å². The molecule has 138 valence electrons. The minimum atomic E-state index is -3.63. The van der Waals surface area contributed by atoms with Crippen molar-refractivity contribution in [2.75, 3.05) is 6.54 Å². The Labute approximate surface area is 157 Å². The number of hydrogen-bond donors (Lipinski definition) is 2. The van der Waals surface area contributed by atoms with Crippen molar-refractivity contribution in [3.63, 3.8) is 0 Å². The molecule has 1 aromatic carbocycles. The minimum Gasteiger partial charge on any atom is -0.350 e. The molecule has 2 aliphatic rings. The Kier molecular flexibility index (Phi) is 4.62. The predicted octanol–water partition coefficient (Wildman–Crippen LogP) is 3.04. The Bertz CT molecular complexity index is 898. The topological polar surface area (TPSA) is 75.3 Å². The van der Waals surface area contributed by atoms with Gasteiger partial charge < -0.3 is 5.32 Å². The van der Waals surface area contributed by atoms with Crippen LogP contribution in [0.25, 0.3) is 0 Å². The second-order valence-corrected chi connectivity index (χ2v) is 9.79. The fourth-order valence-electron chi connectivity index (χ4n) is 3.45. The number of carbonyl (C=O) groups is 1. The highest BCUT2D eigenvalue weighted by Crippen LogP contribution is 2.43. The van der Waals surface area contributed by atoms with Crippen molar-refractivity contribution in [2.24, 2.45) is 0 Å². The number of nitrogens with one attached hydrogen (secondary N) is 2. The maximum Gasteiger partial charge on any atom is 0.262 e. The van der Waals surface area contributed by atoms with Crippen LogP contribution in [0.4, 0.5) is 0 Å². The molecule has 1 aromatic heterocycles. The van der Waals surface area contributed by atoms with Crippen molar-refractivity contribution < 1.29 is 13.2 Å². The highest BCUT2D eigenvalue weighted by Gasteiger charge is 2.39. The summed E-state index contributed by atoms with van der Waals surface area (Å²) in [4.78, 5) is 13.1. The van der Waals surface area contributed by atoms with Gasteiger partial charge in [-0.1, -0.05) is 36.8 Å². The lowest BCUT2D eigenvalue weighted by atomic mass is 9.64. The molecule has 0 radical (unpaired) electrons. The summed E-state index contributed by atoms with van der Waals surface area (Å²) >= 11 is 1.17. The third-order valence-corrected chi connectivity index (χ3v) is 7.91. The molecule has 7 heteroatoms. The molecule has 0 bridgehead atoms. The van der Waals surface area contributed by atoms with E-state index in [9.17, 15) is 13.2 Å². The first-order valence-corrected chi connectivity index (χ1v) is 11.3. The van der Waals surface area contributed by atoms with Crippen LogP contribution in [0.15, 0.2) is 46.7 Å². The number of amides is 1. The molecule has 2 aliphatic carbocycles. The third kappa shape index (κ3) is 3.43. The number of benzene rings is 1. The van der Waals surface area contributed by atoms with Crippen LogP contribution < -0.4 is 10.0 Å². The average molecular weight is 391 g/mol. The SMILES string of the molecule is O=C(NCC1(c2ccccc2)CCC1)c1sccc1S(=O)(=O)NC1CC1. The summed E-state index contributed by atoms with van der Waals surface area (Å²) in [6.07, 6.45) is 4.95. The summed E-state index contributed by atoms with van der Waals surface area (Å²) in [5, 5.41) is 4.65. The Morgan fingerprint density at radius 2 is 1.88 bits per heavy atom. The van der Waals surface area contributed by atoms with Crippen LogP contribution in [-0.4, -0.2) is 26.9 Å². The normalized spacial score (nSPS) is 18.9. The first-order valence-electron chi connectivity index (χ1n) is 8.94. The van der Waals surface area contributed by atoms with Gasteiger partial charge >= 0.3 is 0 Å². The van der Waals surface area contributed by atoms with E-state index >= 15 is 0 Å². The van der Waals surface area contributed by atoms with Crippen molar-refractivity contribution in [1.29, 1.82) is 0 Å². The number of rotatable bonds is 7. The highest BCUT2D eigenvalue weighted by molar-refractivity contribution is 7.89. The van der Waals surface area contributed by atoms with E-state index in [1.54, 1.807) is 5.38 Å². The maximum atomic E-state index is 12.7. The summed E-state index contributed by atoms with van der Waals surface area (Å²) in [5.41, 5.74) is 1.21. The fourth-order valence-corrected chi connectivity index (χ4v) is 6.10. The summed E-state index contributed by atoms with van der Waals surface area (Å²) in [7, 11) is -3.63. The second kappa shape index (κ2) is 6.79. The molecule has 4 rings (SSSR count). The van der Waals surface area contributed by atoms with Gasteiger partial charge in [-0.25, -0.2) is 13.1 Å². The smallest absolute Gasteiger partial charge is 0.262 e. The Morgan fingerprint density at radius 3 is 2.50 bits per heavy atom. The number of carbonyl (C=O) groups excluding carboxylic acids is 1. The van der Waals surface area contributed by atoms with E-state index in [0.717, 1.165) is 32.1 Å². The monoisotopic (exact) mass is 390 g/mol. The molecule has 2 aromatic rings. The van der Waals surface area contributed by atoms with Gasteiger partial charge in [0.05, 0.1) is 0 Å². The van der Waals surface area contributed by atoms with Crippen molar-refractivity contribution in [3.05, 3.63) is 52.2 Å². The van der Waals surface area contributed by atoms with Crippen LogP contribution in [0, 0.1) is 0 Å². The number of thiophene rings is 1. The molecule has 0 unspecified atom stereocenters. The van der Waals surface area contributed by atoms with Crippen LogP contribution in [0.1, 0.15) is 47.3 Å². The lowest BCUT2D eigenvalue weighted by Crippen LogP contribution is -2.45. The molecule has 0 spiro atoms. The first kappa shape index (κ1) is 17.7. The third-order valence-electron chi connectivity index (χ3n) is 5.31. The first-order chi connectivity index (χ1) is 12.5. The molecule has 2 N–H and O–H groups in total. The molecular weight excluding hydrogens is 368 g/mol. The Balaban J connectivity index is 1.48. The van der Waals surface area contributed by atoms with Crippen molar-refractivity contribution in [2.45, 2.75) is 48.5 Å². The van der Waals surface area contributed by atoms with Crippen molar-refractivity contribution in [1.82, 2.24) is 10.0 Å². The van der Waals surface area contributed by atoms with E-state index < -0.39 is 10.0 Å². The van der Waals surface area contributed by atoms with E-state index in [0.29, 0.717) is 6.54 Å². The summed E-state index contributed by atoms with van der Waals surface area (Å²) < 4.78 is 27.6. The summed E-state index contributed by atoms with van der Waals surface area (Å²) in [6, 6.07) is 11.8. The predicted molar refractivity (Wildman–Crippen MR) is 102 cm³/mol. The summed E-state index contributed by atoms with van der Waals surface area (Å²) in [5.74, 6) is -0.307. The lowest BCUT2D eigenvalue weighted by Gasteiger charge is -2.42. The van der Waals surface area contributed by atoms with Crippen LogP contribution in [-0.2, 0) is 15.4 Å². The van der Waals surface area contributed by atoms with Gasteiger partial charge in [-0.05, 0) is 42.7 Å². The number of hydrogen-bond acceptors (Lipinski definition) is 4. The molecule has 26 heavy (non-hydrogen) atoms. The van der Waals surface area contributed by atoms with E-state index in [-0.39, 0.29) is 27.1 Å². The molecule has 2 saturated carbocycles. The van der Waals surface area contributed by atoms with Crippen molar-refractivity contribution >= 4 is 27.3 Å². The quantitative estimate of drug-likeness (QED) is 0.763. The standard InChI is InChI=1S/C19H22N2O3S2/c22-18(17-16(9-12-25-17)26(23,24)21-15-7-8-15)20-13-19(10-4-11-19)14-5-2-1-3-6-14/h1-3,5-6,9,12,15,21H,4,7-8,10-11,13H2,(H,20,22). The minimum absolute atomic E-state index is 0.0205. The van der Waals surface area contributed by atoms with Gasteiger partial charge in [0.1, 0.15) is 9.77 Å². The zero-order valence-corrected chi connectivity index (χ0v) is 16.0. The van der Waals surface area contributed by atoms with Gasteiger partial charge in [-0.15, -0.1) is 11.3 Å². The average Bonchev–Trinajstić information content (AvgIpc) is 3.24. The van der Waals surface area contributed by atoms with Gasteiger partial charge in [-0.3, -0.25) is 4.79 Å². The molecule has 0 aliphatic heterocycles. The van der Waals surface area contributed by atoms with Crippen molar-refractivity contribution in [3.8, 4) is 0 Å². The van der Waals surface area contributed by atoms with E-state index in [4.69, 9.17) is 0 Å². The molecular formula is C19H22N2O3S2. The molecule has 1 heterocycles. The summed E-state index contributed by atoms with van der Waals surface area (Å²) in [6.45, 7) is 0.531. The Morgan fingerprint density at radius 1 is 1.15 bits per heavy atom. The molecule has 0 atom stereocenters. The highest BCUT2D eigenvalue weighted by atomic mass is 32.2. The zero-order valence-electron chi connectivity index (χ0n) is 14.4.